The molecule has 4 nitrogen and oxygen atoms in total. The van der Waals surface area contributed by atoms with Crippen LogP contribution in [-0.4, -0.2) is 45.2 Å². The van der Waals surface area contributed by atoms with Crippen LogP contribution in [0.5, 0.6) is 0 Å². The first-order valence-electron chi connectivity index (χ1n) is 7.93. The third kappa shape index (κ3) is 6.51. The molecule has 0 unspecified atom stereocenters. The summed E-state index contributed by atoms with van der Waals surface area (Å²) in [4.78, 5) is 22.7. The summed E-state index contributed by atoms with van der Waals surface area (Å²) in [6.45, 7) is 1.96. The molecule has 2 aromatic carbocycles. The molecular weight excluding hydrogens is 329 g/mol. The Hall–Kier alpha value is -1.85. The van der Waals surface area contributed by atoms with Crippen LogP contribution in [0.25, 0.3) is 0 Å². The van der Waals surface area contributed by atoms with Gasteiger partial charge in [0.1, 0.15) is 0 Å². The molecule has 2 aromatic rings. The van der Waals surface area contributed by atoms with Crippen LogP contribution in [0.15, 0.2) is 60.7 Å². The molecule has 0 aromatic heterocycles. The molecule has 0 heterocycles. The van der Waals surface area contributed by atoms with E-state index < -0.39 is 23.3 Å². The largest absolute Gasteiger partial charge is 0.481 e. The van der Waals surface area contributed by atoms with E-state index in [4.69, 9.17) is 0 Å². The first-order chi connectivity index (χ1) is 11.4. The van der Waals surface area contributed by atoms with Gasteiger partial charge in [0.25, 0.3) is 0 Å². The summed E-state index contributed by atoms with van der Waals surface area (Å²) < 4.78 is 0. The predicted octanol–water partition coefficient (Wildman–Crippen LogP) is 2.74. The Morgan fingerprint density at radius 3 is 1.52 bits per heavy atom. The first-order valence-corrected chi connectivity index (χ1v) is 7.93. The van der Waals surface area contributed by atoms with E-state index in [1.165, 1.54) is 0 Å². The van der Waals surface area contributed by atoms with E-state index in [0.29, 0.717) is 12.8 Å². The Kier molecular flexibility index (Phi) is 8.12. The molecule has 0 bridgehead atoms. The highest BCUT2D eigenvalue weighted by atomic mass is 24.3. The maximum Gasteiger partial charge on any atom is 0.317 e. The molecule has 25 heavy (non-hydrogen) atoms. The molecule has 2 N–H and O–H groups in total. The fourth-order valence-corrected chi connectivity index (χ4v) is 3.16. The third-order valence-electron chi connectivity index (χ3n) is 4.24. The van der Waals surface area contributed by atoms with Crippen molar-refractivity contribution in [3.05, 3.63) is 71.8 Å². The van der Waals surface area contributed by atoms with Gasteiger partial charge in [-0.2, -0.15) is 0 Å². The smallest absolute Gasteiger partial charge is 0.317 e. The third-order valence-corrected chi connectivity index (χ3v) is 4.24. The van der Waals surface area contributed by atoms with Gasteiger partial charge in [0.05, 0.1) is 0 Å². The van der Waals surface area contributed by atoms with Crippen LogP contribution >= 0.6 is 0 Å². The van der Waals surface area contributed by atoms with Crippen molar-refractivity contribution in [2.24, 2.45) is 11.3 Å². The van der Waals surface area contributed by atoms with Crippen LogP contribution in [0.1, 0.15) is 24.5 Å². The molecule has 0 saturated heterocycles. The molecule has 0 aliphatic rings. The summed E-state index contributed by atoms with van der Waals surface area (Å²) in [6, 6.07) is 19.5. The SMILES string of the molecule is CC(Cc1ccccc1)(Cc1ccccc1)CC(C(=O)O)C(=O)O.[MgH2]. The van der Waals surface area contributed by atoms with Gasteiger partial charge in [-0.3, -0.25) is 9.59 Å². The molecule has 5 heteroatoms. The standard InChI is InChI=1S/C20H22O4.Mg.2H/c1-20(12-15-8-4-2-5-9-15,13-16-10-6-3-7-11-16)14-17(18(21)22)19(23)24;;;/h2-11,17H,12-14H2,1H3,(H,21,22)(H,23,24);;;. The minimum atomic E-state index is -1.40. The summed E-state index contributed by atoms with van der Waals surface area (Å²) in [6.07, 6.45) is 1.33. The van der Waals surface area contributed by atoms with E-state index in [0.717, 1.165) is 11.1 Å². The number of aliphatic carboxylic acids is 2. The van der Waals surface area contributed by atoms with Crippen molar-refractivity contribution in [2.45, 2.75) is 26.2 Å². The van der Waals surface area contributed by atoms with E-state index in [1.54, 1.807) is 0 Å². The molecular formula is C20H24MgO4. The van der Waals surface area contributed by atoms with Gasteiger partial charge in [-0.05, 0) is 35.8 Å². The maximum absolute atomic E-state index is 11.3. The molecule has 0 fully saturated rings. The summed E-state index contributed by atoms with van der Waals surface area (Å²) in [5.74, 6) is -3.97. The average Bonchev–Trinajstić information content (AvgIpc) is 2.54. The minimum Gasteiger partial charge on any atom is -0.481 e. The molecule has 2 rings (SSSR count). The second-order valence-corrected chi connectivity index (χ2v) is 6.57. The van der Waals surface area contributed by atoms with E-state index in [-0.39, 0.29) is 29.5 Å². The maximum atomic E-state index is 11.3. The molecule has 0 atom stereocenters. The zero-order valence-corrected chi connectivity index (χ0v) is 13.7. The monoisotopic (exact) mass is 352 g/mol. The predicted molar refractivity (Wildman–Crippen MR) is 100 cm³/mol. The Labute approximate surface area is 164 Å². The van der Waals surface area contributed by atoms with Crippen molar-refractivity contribution >= 4 is 35.0 Å². The zero-order valence-electron chi connectivity index (χ0n) is 13.7. The van der Waals surface area contributed by atoms with Crippen LogP contribution < -0.4 is 0 Å². The van der Waals surface area contributed by atoms with Crippen LogP contribution in [-0.2, 0) is 22.4 Å². The molecule has 0 radical (unpaired) electrons. The molecule has 0 spiro atoms. The quantitative estimate of drug-likeness (QED) is 0.566. The zero-order chi connectivity index (χ0) is 17.6. The summed E-state index contributed by atoms with van der Waals surface area (Å²) in [5.41, 5.74) is 1.68. The number of hydrogen-bond donors (Lipinski definition) is 2. The number of rotatable bonds is 8. The average molecular weight is 353 g/mol. The molecule has 0 amide bonds. The number of carboxylic acids is 2. The second kappa shape index (κ2) is 9.58. The fourth-order valence-electron chi connectivity index (χ4n) is 3.16. The molecule has 0 aliphatic carbocycles. The van der Waals surface area contributed by atoms with Gasteiger partial charge in [0, 0.05) is 0 Å². The molecule has 0 aliphatic heterocycles. The van der Waals surface area contributed by atoms with Crippen molar-refractivity contribution in [3.8, 4) is 0 Å². The molecule has 130 valence electrons. The fraction of sp³-hybridized carbons (Fsp3) is 0.300. The van der Waals surface area contributed by atoms with Crippen molar-refractivity contribution in [2.75, 3.05) is 0 Å². The van der Waals surface area contributed by atoms with Gasteiger partial charge < -0.3 is 10.2 Å². The highest BCUT2D eigenvalue weighted by Gasteiger charge is 2.36. The lowest BCUT2D eigenvalue weighted by molar-refractivity contribution is -0.156. The van der Waals surface area contributed by atoms with E-state index in [2.05, 4.69) is 0 Å². The van der Waals surface area contributed by atoms with Gasteiger partial charge in [0.15, 0.2) is 5.92 Å². The van der Waals surface area contributed by atoms with Crippen molar-refractivity contribution < 1.29 is 19.8 Å². The summed E-state index contributed by atoms with van der Waals surface area (Å²) in [5, 5.41) is 18.5. The Balaban J connectivity index is 0.00000312. The van der Waals surface area contributed by atoms with E-state index >= 15 is 0 Å². The highest BCUT2D eigenvalue weighted by Crippen LogP contribution is 2.34. The molecule has 0 saturated carbocycles. The van der Waals surface area contributed by atoms with E-state index in [9.17, 15) is 19.8 Å². The first kappa shape index (κ1) is 21.2. The van der Waals surface area contributed by atoms with Crippen molar-refractivity contribution in [1.29, 1.82) is 0 Å². The Morgan fingerprint density at radius 1 is 0.840 bits per heavy atom. The van der Waals surface area contributed by atoms with Crippen LogP contribution in [0, 0.1) is 11.3 Å². The highest BCUT2D eigenvalue weighted by molar-refractivity contribution is 5.92. The number of carbonyl (C=O) groups is 2. The van der Waals surface area contributed by atoms with Gasteiger partial charge in [-0.15, -0.1) is 0 Å². The van der Waals surface area contributed by atoms with Gasteiger partial charge in [-0.1, -0.05) is 67.6 Å². The summed E-state index contributed by atoms with van der Waals surface area (Å²) in [7, 11) is 0. The lowest BCUT2D eigenvalue weighted by atomic mass is 9.72. The lowest BCUT2D eigenvalue weighted by Gasteiger charge is -2.31. The van der Waals surface area contributed by atoms with Gasteiger partial charge in [-0.25, -0.2) is 0 Å². The normalized spacial score (nSPS) is 11.0. The topological polar surface area (TPSA) is 74.6 Å². The number of benzene rings is 2. The van der Waals surface area contributed by atoms with Gasteiger partial charge in [0.2, 0.25) is 0 Å². The number of carboxylic acid groups (broad SMARTS) is 2. The van der Waals surface area contributed by atoms with E-state index in [1.807, 2.05) is 67.6 Å². The van der Waals surface area contributed by atoms with Crippen LogP contribution in [0.2, 0.25) is 0 Å². The van der Waals surface area contributed by atoms with Gasteiger partial charge >= 0.3 is 35.0 Å². The van der Waals surface area contributed by atoms with Crippen molar-refractivity contribution in [3.63, 3.8) is 0 Å². The Morgan fingerprint density at radius 2 is 1.20 bits per heavy atom. The minimum absolute atomic E-state index is 0. The second-order valence-electron chi connectivity index (χ2n) is 6.57. The van der Waals surface area contributed by atoms with Crippen LogP contribution in [0.4, 0.5) is 0 Å². The van der Waals surface area contributed by atoms with Crippen molar-refractivity contribution in [1.82, 2.24) is 0 Å². The number of hydrogen-bond acceptors (Lipinski definition) is 2. The summed E-state index contributed by atoms with van der Waals surface area (Å²) >= 11 is 0. The lowest BCUT2D eigenvalue weighted by Crippen LogP contribution is -2.33. The van der Waals surface area contributed by atoms with Crippen LogP contribution in [0.3, 0.4) is 0 Å². The Bertz CT molecular complexity index is 630.